The monoisotopic (exact) mass is 733 g/mol. The first-order valence-corrected chi connectivity index (χ1v) is 18.3. The lowest BCUT2D eigenvalue weighted by atomic mass is 9.70. The molecule has 1 saturated carbocycles. The van der Waals surface area contributed by atoms with Crippen molar-refractivity contribution in [3.63, 3.8) is 0 Å². The number of carbonyl (C=O) groups is 4. The van der Waals surface area contributed by atoms with Crippen LogP contribution in [0.4, 0.5) is 13.2 Å². The lowest BCUT2D eigenvalue weighted by molar-refractivity contribution is -0.153. The minimum atomic E-state index is -4.47. The van der Waals surface area contributed by atoms with Gasteiger partial charge in [-0.25, -0.2) is 0 Å². The summed E-state index contributed by atoms with van der Waals surface area (Å²) in [6.07, 6.45) is -1.35. The Hall–Kier alpha value is -3.56. The van der Waals surface area contributed by atoms with Crippen molar-refractivity contribution in [2.24, 2.45) is 28.6 Å². The Kier molecular flexibility index (Phi) is 10.5. The summed E-state index contributed by atoms with van der Waals surface area (Å²) >= 11 is 1.22. The number of aromatic nitrogens is 1. The Bertz CT molecular complexity index is 1590. The third-order valence-electron chi connectivity index (χ3n) is 11.1. The molecule has 6 rings (SSSR count). The van der Waals surface area contributed by atoms with Crippen LogP contribution >= 0.6 is 11.3 Å². The summed E-state index contributed by atoms with van der Waals surface area (Å²) in [6, 6.07) is 3.50. The van der Waals surface area contributed by atoms with Crippen molar-refractivity contribution in [2.75, 3.05) is 53.0 Å². The number of hydrogen-bond acceptors (Lipinski definition) is 8. The number of ether oxygens (including phenoxy) is 2. The van der Waals surface area contributed by atoms with Crippen LogP contribution in [0.1, 0.15) is 60.8 Å². The Balaban J connectivity index is 1.21. The Morgan fingerprint density at radius 3 is 2.33 bits per heavy atom. The standard InChI is InChI=1S/C36H46F3N5O6S/c1-22(50-17-23-7-9-25(10-8-23)36(37,38)39)29(33(48)42-11-5-6-24(14-42)16-49-4)41-30(45)27-15-43(32(47)28-13-40-21-51-28)18-35(27)19-44(20-35)31(46)26-12-34(26,2)3/h7-10,13,21-22,24,26-27,29H,5-6,11-12,14-20H2,1-4H3,(H,41,45)/t22-,24+,26-,27+,29+/m1/s1. The quantitative estimate of drug-likeness (QED) is 0.370. The van der Waals surface area contributed by atoms with Gasteiger partial charge >= 0.3 is 6.18 Å². The number of thiazole rings is 1. The first-order chi connectivity index (χ1) is 24.1. The Labute approximate surface area is 299 Å². The van der Waals surface area contributed by atoms with Gasteiger partial charge in [0.15, 0.2) is 0 Å². The van der Waals surface area contributed by atoms with Gasteiger partial charge in [-0.05, 0) is 55.2 Å². The number of amides is 4. The Morgan fingerprint density at radius 1 is 1.04 bits per heavy atom. The van der Waals surface area contributed by atoms with Crippen LogP contribution in [0, 0.1) is 28.6 Å². The zero-order chi connectivity index (χ0) is 36.7. The van der Waals surface area contributed by atoms with Crippen LogP contribution in [-0.4, -0.2) is 108 Å². The summed E-state index contributed by atoms with van der Waals surface area (Å²) in [7, 11) is 1.61. The number of methoxy groups -OCH3 is 1. The second kappa shape index (κ2) is 14.5. The van der Waals surface area contributed by atoms with Crippen LogP contribution in [0.2, 0.25) is 0 Å². The Morgan fingerprint density at radius 2 is 1.73 bits per heavy atom. The van der Waals surface area contributed by atoms with Gasteiger partial charge in [-0.1, -0.05) is 26.0 Å². The van der Waals surface area contributed by atoms with E-state index in [2.05, 4.69) is 24.1 Å². The highest BCUT2D eigenvalue weighted by molar-refractivity contribution is 7.11. The zero-order valence-electron chi connectivity index (χ0n) is 29.4. The molecule has 2 aromatic rings. The SMILES string of the molecule is COC[C@H]1CCCN(C(=O)[C@@H](NC(=O)[C@@H]2CN(C(=O)c3cncs3)CC23CN(C(=O)[C@H]2CC2(C)C)C3)[C@@H](C)OCc2ccc(C(F)(F)F)cc2)C1. The molecule has 11 nitrogen and oxygen atoms in total. The van der Waals surface area contributed by atoms with E-state index in [0.717, 1.165) is 31.4 Å². The summed E-state index contributed by atoms with van der Waals surface area (Å²) in [6.45, 7) is 8.18. The van der Waals surface area contributed by atoms with Crippen LogP contribution in [0.25, 0.3) is 0 Å². The van der Waals surface area contributed by atoms with Crippen LogP contribution in [0.5, 0.6) is 0 Å². The van der Waals surface area contributed by atoms with Gasteiger partial charge < -0.3 is 29.5 Å². The normalized spacial score (nSPS) is 24.9. The number of carbonyl (C=O) groups excluding carboxylic acids is 4. The highest BCUT2D eigenvalue weighted by atomic mass is 32.1. The number of nitrogens with zero attached hydrogens (tertiary/aromatic N) is 4. The van der Waals surface area contributed by atoms with E-state index in [1.54, 1.807) is 34.2 Å². The number of rotatable bonds is 11. The lowest BCUT2D eigenvalue weighted by Gasteiger charge is -2.50. The molecule has 4 heterocycles. The number of hydrogen-bond donors (Lipinski definition) is 1. The van der Waals surface area contributed by atoms with E-state index < -0.39 is 41.1 Å². The fraction of sp³-hybridized carbons (Fsp3) is 0.639. The van der Waals surface area contributed by atoms with Crippen molar-refractivity contribution < 1.29 is 41.8 Å². The highest BCUT2D eigenvalue weighted by Crippen LogP contribution is 2.54. The minimum Gasteiger partial charge on any atom is -0.384 e. The summed E-state index contributed by atoms with van der Waals surface area (Å²) in [4.78, 5) is 65.0. The molecule has 15 heteroatoms. The molecule has 4 fully saturated rings. The number of alkyl halides is 3. The van der Waals surface area contributed by atoms with E-state index in [9.17, 15) is 32.3 Å². The number of likely N-dealkylation sites (tertiary alicyclic amines) is 3. The molecule has 5 atom stereocenters. The lowest BCUT2D eigenvalue weighted by Crippen LogP contribution is -2.65. The summed E-state index contributed by atoms with van der Waals surface area (Å²) in [5, 5.41) is 2.99. The first kappa shape index (κ1) is 37.2. The maximum atomic E-state index is 14.4. The summed E-state index contributed by atoms with van der Waals surface area (Å²) < 4.78 is 50.8. The minimum absolute atomic E-state index is 0.0543. The number of piperidine rings is 1. The molecule has 1 aliphatic carbocycles. The highest BCUT2D eigenvalue weighted by Gasteiger charge is 2.62. The molecular formula is C36H46F3N5O6S. The average molecular weight is 734 g/mol. The fourth-order valence-electron chi connectivity index (χ4n) is 7.84. The maximum absolute atomic E-state index is 14.4. The number of nitrogens with one attached hydrogen (secondary N) is 1. The number of halogens is 3. The third kappa shape index (κ3) is 7.95. The van der Waals surface area contributed by atoms with Gasteiger partial charge in [0.1, 0.15) is 10.9 Å². The van der Waals surface area contributed by atoms with Crippen LogP contribution < -0.4 is 5.32 Å². The fourth-order valence-corrected chi connectivity index (χ4v) is 8.43. The first-order valence-electron chi connectivity index (χ1n) is 17.4. The molecule has 1 aromatic heterocycles. The van der Waals surface area contributed by atoms with Gasteiger partial charge in [0.2, 0.25) is 17.7 Å². The van der Waals surface area contributed by atoms with E-state index in [1.165, 1.54) is 29.7 Å². The van der Waals surface area contributed by atoms with Gasteiger partial charge in [-0.3, -0.25) is 24.2 Å². The third-order valence-corrected chi connectivity index (χ3v) is 11.9. The predicted molar refractivity (Wildman–Crippen MR) is 181 cm³/mol. The van der Waals surface area contributed by atoms with Crippen LogP contribution in [-0.2, 0) is 36.6 Å². The van der Waals surface area contributed by atoms with Crippen molar-refractivity contribution in [3.05, 3.63) is 52.0 Å². The predicted octanol–water partition coefficient (Wildman–Crippen LogP) is 4.08. The molecular weight excluding hydrogens is 687 g/mol. The van der Waals surface area contributed by atoms with Gasteiger partial charge in [0.25, 0.3) is 5.91 Å². The second-order valence-electron chi connectivity index (χ2n) is 15.4. The summed E-state index contributed by atoms with van der Waals surface area (Å²) in [5.74, 6) is -1.55. The molecule has 278 valence electrons. The molecule has 0 bridgehead atoms. The van der Waals surface area contributed by atoms with Crippen LogP contribution in [0.15, 0.2) is 36.0 Å². The second-order valence-corrected chi connectivity index (χ2v) is 16.2. The molecule has 4 aliphatic rings. The van der Waals surface area contributed by atoms with E-state index in [1.807, 2.05) is 0 Å². The maximum Gasteiger partial charge on any atom is 0.416 e. The van der Waals surface area contributed by atoms with Crippen molar-refractivity contribution >= 4 is 35.0 Å². The molecule has 3 aliphatic heterocycles. The van der Waals surface area contributed by atoms with Gasteiger partial charge in [-0.2, -0.15) is 13.2 Å². The smallest absolute Gasteiger partial charge is 0.384 e. The molecule has 51 heavy (non-hydrogen) atoms. The topological polar surface area (TPSA) is 121 Å². The van der Waals surface area contributed by atoms with Crippen molar-refractivity contribution in [1.29, 1.82) is 0 Å². The van der Waals surface area contributed by atoms with E-state index in [-0.39, 0.29) is 54.7 Å². The van der Waals surface area contributed by atoms with Gasteiger partial charge in [-0.15, -0.1) is 11.3 Å². The molecule has 1 spiro atoms. The number of benzene rings is 1. The van der Waals surface area contributed by atoms with E-state index >= 15 is 0 Å². The van der Waals surface area contributed by atoms with Gasteiger partial charge in [0, 0.05) is 57.7 Å². The van der Waals surface area contributed by atoms with Crippen molar-refractivity contribution in [2.45, 2.75) is 65.0 Å². The largest absolute Gasteiger partial charge is 0.416 e. The molecule has 1 aromatic carbocycles. The van der Waals surface area contributed by atoms with Crippen molar-refractivity contribution in [1.82, 2.24) is 25.0 Å². The van der Waals surface area contributed by atoms with Gasteiger partial charge in [0.05, 0.1) is 42.5 Å². The molecule has 4 amide bonds. The zero-order valence-corrected chi connectivity index (χ0v) is 30.2. The van der Waals surface area contributed by atoms with E-state index in [0.29, 0.717) is 43.2 Å². The molecule has 0 radical (unpaired) electrons. The molecule has 3 saturated heterocycles. The average Bonchev–Trinajstić information content (AvgIpc) is 3.44. The summed E-state index contributed by atoms with van der Waals surface area (Å²) in [5.41, 5.74) is 0.536. The van der Waals surface area contributed by atoms with Crippen LogP contribution in [0.3, 0.4) is 0 Å². The van der Waals surface area contributed by atoms with Crippen molar-refractivity contribution in [3.8, 4) is 0 Å². The van der Waals surface area contributed by atoms with E-state index in [4.69, 9.17) is 9.47 Å². The molecule has 0 unspecified atom stereocenters. The molecule has 1 N–H and O–H groups in total.